The zero-order valence-electron chi connectivity index (χ0n) is 8.13. The van der Waals surface area contributed by atoms with Gasteiger partial charge in [0.15, 0.2) is 0 Å². The second-order valence-corrected chi connectivity index (χ2v) is 5.05. The van der Waals surface area contributed by atoms with Crippen molar-refractivity contribution < 1.29 is 9.90 Å². The fourth-order valence-electron chi connectivity index (χ4n) is 1.42. The van der Waals surface area contributed by atoms with E-state index in [1.807, 2.05) is 11.4 Å². The van der Waals surface area contributed by atoms with Gasteiger partial charge in [0.05, 0.1) is 5.69 Å². The van der Waals surface area contributed by atoms with Gasteiger partial charge in [0.25, 0.3) is 0 Å². The van der Waals surface area contributed by atoms with E-state index >= 15 is 0 Å². The Hall–Kier alpha value is -1.20. The molecule has 1 unspecified atom stereocenters. The van der Waals surface area contributed by atoms with Crippen LogP contribution in [-0.2, 0) is 4.79 Å². The van der Waals surface area contributed by atoms with Crippen LogP contribution in [0.3, 0.4) is 0 Å². The fourth-order valence-corrected chi connectivity index (χ4v) is 2.97. The quantitative estimate of drug-likeness (QED) is 0.947. The highest BCUT2D eigenvalue weighted by atomic mass is 79.9. The van der Waals surface area contributed by atoms with Gasteiger partial charge >= 0.3 is 5.97 Å². The lowest BCUT2D eigenvalue weighted by Crippen LogP contribution is -2.12. The SMILES string of the molecule is O=C(O)C(c1ccccn1)c1cc(Br)cs1. The summed E-state index contributed by atoms with van der Waals surface area (Å²) in [7, 11) is 0. The number of carboxylic acids is 1. The number of aromatic nitrogens is 1. The number of pyridine rings is 1. The van der Waals surface area contributed by atoms with E-state index in [2.05, 4.69) is 20.9 Å². The van der Waals surface area contributed by atoms with Crippen LogP contribution in [0.1, 0.15) is 16.5 Å². The number of aliphatic carboxylic acids is 1. The number of hydrogen-bond acceptors (Lipinski definition) is 3. The first-order valence-electron chi connectivity index (χ1n) is 4.56. The van der Waals surface area contributed by atoms with Crippen LogP contribution >= 0.6 is 27.3 Å². The Morgan fingerprint density at radius 3 is 2.81 bits per heavy atom. The van der Waals surface area contributed by atoms with Crippen molar-refractivity contribution >= 4 is 33.2 Å². The third-order valence-electron chi connectivity index (χ3n) is 2.10. The van der Waals surface area contributed by atoms with Gasteiger partial charge in [0, 0.05) is 20.9 Å². The lowest BCUT2D eigenvalue weighted by atomic mass is 10.0. The maximum absolute atomic E-state index is 11.3. The summed E-state index contributed by atoms with van der Waals surface area (Å²) in [6, 6.07) is 7.11. The minimum Gasteiger partial charge on any atom is -0.480 e. The maximum Gasteiger partial charge on any atom is 0.317 e. The summed E-state index contributed by atoms with van der Waals surface area (Å²) in [6.07, 6.45) is 1.61. The summed E-state index contributed by atoms with van der Waals surface area (Å²) in [5, 5.41) is 11.1. The van der Waals surface area contributed by atoms with Crippen LogP contribution in [0.2, 0.25) is 0 Å². The number of nitrogens with zero attached hydrogens (tertiary/aromatic N) is 1. The summed E-state index contributed by atoms with van der Waals surface area (Å²) in [5.41, 5.74) is 0.560. The highest BCUT2D eigenvalue weighted by molar-refractivity contribution is 9.10. The molecule has 1 N–H and O–H groups in total. The normalized spacial score (nSPS) is 12.3. The average Bonchev–Trinajstić information content (AvgIpc) is 2.66. The van der Waals surface area contributed by atoms with Crippen molar-refractivity contribution in [1.82, 2.24) is 4.98 Å². The molecule has 3 nitrogen and oxygen atoms in total. The lowest BCUT2D eigenvalue weighted by Gasteiger charge is -2.08. The first-order chi connectivity index (χ1) is 7.68. The van der Waals surface area contributed by atoms with Crippen LogP contribution in [0.5, 0.6) is 0 Å². The molecule has 2 aromatic rings. The molecule has 0 radical (unpaired) electrons. The summed E-state index contributed by atoms with van der Waals surface area (Å²) in [4.78, 5) is 16.1. The largest absolute Gasteiger partial charge is 0.480 e. The van der Waals surface area contributed by atoms with Crippen LogP contribution in [0.15, 0.2) is 40.3 Å². The molecule has 16 heavy (non-hydrogen) atoms. The third kappa shape index (κ3) is 2.31. The van der Waals surface area contributed by atoms with Crippen LogP contribution in [0.4, 0.5) is 0 Å². The first kappa shape index (κ1) is 11.3. The van der Waals surface area contributed by atoms with E-state index in [4.69, 9.17) is 0 Å². The van der Waals surface area contributed by atoms with Gasteiger partial charge in [-0.05, 0) is 34.1 Å². The van der Waals surface area contributed by atoms with Crippen molar-refractivity contribution in [2.24, 2.45) is 0 Å². The molecule has 0 saturated carbocycles. The van der Waals surface area contributed by atoms with Crippen LogP contribution in [0, 0.1) is 0 Å². The Balaban J connectivity index is 2.43. The standard InChI is InChI=1S/C11H8BrNO2S/c12-7-5-9(16-6-7)10(11(14)15)8-3-1-2-4-13-8/h1-6,10H,(H,14,15). The lowest BCUT2D eigenvalue weighted by molar-refractivity contribution is -0.137. The monoisotopic (exact) mass is 297 g/mol. The highest BCUT2D eigenvalue weighted by Crippen LogP contribution is 2.30. The molecule has 0 saturated heterocycles. The van der Waals surface area contributed by atoms with Crippen molar-refractivity contribution in [1.29, 1.82) is 0 Å². The zero-order chi connectivity index (χ0) is 11.5. The van der Waals surface area contributed by atoms with Gasteiger partial charge in [0.2, 0.25) is 0 Å². The topological polar surface area (TPSA) is 50.2 Å². The van der Waals surface area contributed by atoms with Gasteiger partial charge in [-0.25, -0.2) is 0 Å². The summed E-state index contributed by atoms with van der Waals surface area (Å²) in [5.74, 6) is -1.56. The van der Waals surface area contributed by atoms with Crippen molar-refractivity contribution in [3.63, 3.8) is 0 Å². The molecule has 5 heteroatoms. The van der Waals surface area contributed by atoms with Gasteiger partial charge in [-0.2, -0.15) is 0 Å². The second-order valence-electron chi connectivity index (χ2n) is 3.19. The van der Waals surface area contributed by atoms with Gasteiger partial charge in [-0.3, -0.25) is 9.78 Å². The van der Waals surface area contributed by atoms with E-state index in [1.165, 1.54) is 11.3 Å². The molecule has 0 aliphatic carbocycles. The van der Waals surface area contributed by atoms with E-state index in [0.717, 1.165) is 9.35 Å². The molecule has 2 heterocycles. The molecule has 1 atom stereocenters. The van der Waals surface area contributed by atoms with E-state index in [1.54, 1.807) is 24.4 Å². The molecule has 0 aromatic carbocycles. The second kappa shape index (κ2) is 4.76. The molecule has 0 fully saturated rings. The number of thiophene rings is 1. The highest BCUT2D eigenvalue weighted by Gasteiger charge is 2.24. The number of halogens is 1. The molecule has 0 bridgehead atoms. The molecule has 2 aromatic heterocycles. The summed E-state index contributed by atoms with van der Waals surface area (Å²) >= 11 is 4.73. The Labute approximate surface area is 105 Å². The molecule has 0 aliphatic heterocycles. The van der Waals surface area contributed by atoms with E-state index in [-0.39, 0.29) is 0 Å². The van der Waals surface area contributed by atoms with E-state index in [9.17, 15) is 9.90 Å². The predicted molar refractivity (Wildman–Crippen MR) is 65.7 cm³/mol. The minimum absolute atomic E-state index is 0.560. The molecule has 0 amide bonds. The molecule has 0 spiro atoms. The van der Waals surface area contributed by atoms with Crippen molar-refractivity contribution in [3.05, 3.63) is 50.9 Å². The Bertz CT molecular complexity index is 498. The van der Waals surface area contributed by atoms with Crippen LogP contribution < -0.4 is 0 Å². The third-order valence-corrected chi connectivity index (χ3v) is 3.86. The Morgan fingerprint density at radius 1 is 1.50 bits per heavy atom. The molecule has 2 rings (SSSR count). The predicted octanol–water partition coefficient (Wildman–Crippen LogP) is 3.12. The Morgan fingerprint density at radius 2 is 2.31 bits per heavy atom. The number of carbonyl (C=O) groups is 1. The maximum atomic E-state index is 11.3. The smallest absolute Gasteiger partial charge is 0.317 e. The number of rotatable bonds is 3. The Kier molecular flexibility index (Phi) is 3.36. The zero-order valence-corrected chi connectivity index (χ0v) is 10.5. The average molecular weight is 298 g/mol. The molecular weight excluding hydrogens is 290 g/mol. The van der Waals surface area contributed by atoms with Crippen molar-refractivity contribution in [2.75, 3.05) is 0 Å². The first-order valence-corrected chi connectivity index (χ1v) is 6.23. The van der Waals surface area contributed by atoms with E-state index < -0.39 is 11.9 Å². The fraction of sp³-hybridized carbons (Fsp3) is 0.0909. The molecule has 82 valence electrons. The van der Waals surface area contributed by atoms with E-state index in [0.29, 0.717) is 5.69 Å². The summed E-state index contributed by atoms with van der Waals surface area (Å²) < 4.78 is 0.898. The van der Waals surface area contributed by atoms with Gasteiger partial charge in [0.1, 0.15) is 5.92 Å². The van der Waals surface area contributed by atoms with Crippen molar-refractivity contribution in [2.45, 2.75) is 5.92 Å². The van der Waals surface area contributed by atoms with Gasteiger partial charge < -0.3 is 5.11 Å². The molecule has 0 aliphatic rings. The van der Waals surface area contributed by atoms with Gasteiger partial charge in [-0.15, -0.1) is 11.3 Å². The number of carboxylic acid groups (broad SMARTS) is 1. The van der Waals surface area contributed by atoms with Crippen molar-refractivity contribution in [3.8, 4) is 0 Å². The summed E-state index contributed by atoms with van der Waals surface area (Å²) in [6.45, 7) is 0. The van der Waals surface area contributed by atoms with Crippen LogP contribution in [0.25, 0.3) is 0 Å². The van der Waals surface area contributed by atoms with Gasteiger partial charge in [-0.1, -0.05) is 6.07 Å². The van der Waals surface area contributed by atoms with Crippen LogP contribution in [-0.4, -0.2) is 16.1 Å². The number of hydrogen-bond donors (Lipinski definition) is 1. The minimum atomic E-state index is -0.881. The molecular formula is C11H8BrNO2S.